The molecule has 0 radical (unpaired) electrons. The number of hydrogen-bond acceptors (Lipinski definition) is 6. The number of aromatic nitrogens is 3. The predicted molar refractivity (Wildman–Crippen MR) is 115 cm³/mol. The predicted octanol–water partition coefficient (Wildman–Crippen LogP) is 2.95. The minimum atomic E-state index is -3.54. The zero-order valence-electron chi connectivity index (χ0n) is 16.5. The van der Waals surface area contributed by atoms with Crippen LogP contribution in [0.1, 0.15) is 25.3 Å². The van der Waals surface area contributed by atoms with Crippen LogP contribution in [0.4, 0.5) is 0 Å². The second-order valence-corrected chi connectivity index (χ2v) is 9.60. The van der Waals surface area contributed by atoms with Gasteiger partial charge in [0.1, 0.15) is 5.65 Å². The largest absolute Gasteiger partial charge is 0.292 e. The van der Waals surface area contributed by atoms with Gasteiger partial charge < -0.3 is 0 Å². The molecule has 0 spiro atoms. The number of thioether (sulfide) groups is 1. The fourth-order valence-corrected chi connectivity index (χ4v) is 5.05. The van der Waals surface area contributed by atoms with E-state index in [1.54, 1.807) is 35.0 Å². The van der Waals surface area contributed by atoms with Crippen molar-refractivity contribution >= 4 is 32.8 Å². The Bertz CT molecular complexity index is 1260. The van der Waals surface area contributed by atoms with Crippen molar-refractivity contribution < 1.29 is 8.42 Å². The minimum Gasteiger partial charge on any atom is -0.292 e. The van der Waals surface area contributed by atoms with Crippen LogP contribution < -0.4 is 10.3 Å². The van der Waals surface area contributed by atoms with Gasteiger partial charge in [0.15, 0.2) is 5.16 Å². The molecular formula is C20H22N4O3S2. The standard InChI is InChI=1S/C20H22N4O3S2/c1-4-24-18-13(11-21-20(22-18)28-3)10-17(19(24)25)16-8-7-15(9-12(16)2)29(26,27)23-14-5-6-14/h7-11,14,23H,4-6H2,1-3H3. The molecule has 0 atom stereocenters. The van der Waals surface area contributed by atoms with Crippen molar-refractivity contribution in [3.8, 4) is 11.1 Å². The number of nitrogens with zero attached hydrogens (tertiary/aromatic N) is 3. The lowest BCUT2D eigenvalue weighted by Crippen LogP contribution is -2.26. The minimum absolute atomic E-state index is 0.0448. The van der Waals surface area contributed by atoms with Gasteiger partial charge in [-0.1, -0.05) is 17.8 Å². The summed E-state index contributed by atoms with van der Waals surface area (Å²) in [5.74, 6) is 0. The Labute approximate surface area is 173 Å². The van der Waals surface area contributed by atoms with Crippen LogP contribution in [0.3, 0.4) is 0 Å². The number of aryl methyl sites for hydroxylation is 2. The number of sulfonamides is 1. The number of pyridine rings is 1. The van der Waals surface area contributed by atoms with Crippen molar-refractivity contribution in [2.75, 3.05) is 6.26 Å². The molecule has 7 nitrogen and oxygen atoms in total. The van der Waals surface area contributed by atoms with E-state index in [1.807, 2.05) is 20.1 Å². The third kappa shape index (κ3) is 3.82. The zero-order valence-corrected chi connectivity index (χ0v) is 18.1. The van der Waals surface area contributed by atoms with E-state index >= 15 is 0 Å². The van der Waals surface area contributed by atoms with E-state index in [0.29, 0.717) is 28.5 Å². The Hall–Kier alpha value is -2.23. The second kappa shape index (κ2) is 7.55. The van der Waals surface area contributed by atoms with Crippen molar-refractivity contribution in [3.05, 3.63) is 46.4 Å². The first kappa shape index (κ1) is 20.1. The van der Waals surface area contributed by atoms with Gasteiger partial charge in [0.2, 0.25) is 10.0 Å². The Balaban J connectivity index is 1.84. The highest BCUT2D eigenvalue weighted by atomic mass is 32.2. The monoisotopic (exact) mass is 430 g/mol. The maximum absolute atomic E-state index is 13.2. The average molecular weight is 431 g/mol. The molecule has 9 heteroatoms. The van der Waals surface area contributed by atoms with Gasteiger partial charge in [-0.05, 0) is 62.3 Å². The van der Waals surface area contributed by atoms with Crippen molar-refractivity contribution in [3.63, 3.8) is 0 Å². The summed E-state index contributed by atoms with van der Waals surface area (Å²) in [5.41, 5.74) is 2.39. The molecule has 3 aromatic rings. The Morgan fingerprint density at radius 3 is 2.62 bits per heavy atom. The smallest absolute Gasteiger partial charge is 0.260 e. The van der Waals surface area contributed by atoms with Gasteiger partial charge in [-0.3, -0.25) is 9.36 Å². The van der Waals surface area contributed by atoms with Crippen LogP contribution in [-0.4, -0.2) is 35.3 Å². The van der Waals surface area contributed by atoms with E-state index in [9.17, 15) is 13.2 Å². The maximum Gasteiger partial charge on any atom is 0.260 e. The van der Waals surface area contributed by atoms with Crippen molar-refractivity contribution in [2.45, 2.75) is 49.3 Å². The molecule has 1 N–H and O–H groups in total. The third-order valence-electron chi connectivity index (χ3n) is 5.00. The van der Waals surface area contributed by atoms with Crippen molar-refractivity contribution in [1.82, 2.24) is 19.3 Å². The summed E-state index contributed by atoms with van der Waals surface area (Å²) in [6.07, 6.45) is 5.37. The van der Waals surface area contributed by atoms with Crippen LogP contribution in [0.2, 0.25) is 0 Å². The van der Waals surface area contributed by atoms with E-state index in [-0.39, 0.29) is 16.5 Å². The summed E-state index contributed by atoms with van der Waals surface area (Å²) in [6.45, 7) is 4.20. The molecule has 2 heterocycles. The molecule has 0 amide bonds. The van der Waals surface area contributed by atoms with Gasteiger partial charge in [-0.2, -0.15) is 0 Å². The van der Waals surface area contributed by atoms with Crippen LogP contribution in [0, 0.1) is 6.92 Å². The van der Waals surface area contributed by atoms with E-state index in [0.717, 1.165) is 23.8 Å². The van der Waals surface area contributed by atoms with Crippen LogP contribution in [-0.2, 0) is 16.6 Å². The molecule has 1 saturated carbocycles. The number of nitrogens with one attached hydrogen (secondary N) is 1. The van der Waals surface area contributed by atoms with Gasteiger partial charge in [0, 0.05) is 29.7 Å². The molecule has 0 unspecified atom stereocenters. The summed E-state index contributed by atoms with van der Waals surface area (Å²) >= 11 is 1.42. The number of hydrogen-bond donors (Lipinski definition) is 1. The summed E-state index contributed by atoms with van der Waals surface area (Å²) in [7, 11) is -3.54. The number of fused-ring (bicyclic) bond motifs is 1. The van der Waals surface area contributed by atoms with Crippen LogP contribution in [0.5, 0.6) is 0 Å². The summed E-state index contributed by atoms with van der Waals surface area (Å²) < 4.78 is 29.3. The molecule has 0 aliphatic heterocycles. The summed E-state index contributed by atoms with van der Waals surface area (Å²) in [6, 6.07) is 6.71. The zero-order chi connectivity index (χ0) is 20.8. The van der Waals surface area contributed by atoms with Crippen LogP contribution in [0.25, 0.3) is 22.2 Å². The molecule has 1 fully saturated rings. The number of rotatable bonds is 6. The fourth-order valence-electron chi connectivity index (χ4n) is 3.32. The molecular weight excluding hydrogens is 408 g/mol. The molecule has 1 aromatic carbocycles. The lowest BCUT2D eigenvalue weighted by molar-refractivity contribution is 0.581. The van der Waals surface area contributed by atoms with E-state index in [4.69, 9.17) is 0 Å². The SMILES string of the molecule is CCn1c(=O)c(-c2ccc(S(=O)(=O)NC3CC3)cc2C)cc2cnc(SC)nc21. The van der Waals surface area contributed by atoms with E-state index < -0.39 is 10.0 Å². The molecule has 29 heavy (non-hydrogen) atoms. The molecule has 152 valence electrons. The second-order valence-electron chi connectivity index (χ2n) is 7.12. The Morgan fingerprint density at radius 1 is 1.24 bits per heavy atom. The first-order valence-corrected chi connectivity index (χ1v) is 12.1. The fraction of sp³-hybridized carbons (Fsp3) is 0.350. The van der Waals surface area contributed by atoms with E-state index in [2.05, 4.69) is 14.7 Å². The summed E-state index contributed by atoms with van der Waals surface area (Å²) in [4.78, 5) is 22.2. The lowest BCUT2D eigenvalue weighted by atomic mass is 10.0. The number of benzene rings is 1. The third-order valence-corrected chi connectivity index (χ3v) is 7.08. The first-order chi connectivity index (χ1) is 13.8. The van der Waals surface area contributed by atoms with Crippen molar-refractivity contribution in [1.29, 1.82) is 0 Å². The lowest BCUT2D eigenvalue weighted by Gasteiger charge is -2.13. The highest BCUT2D eigenvalue weighted by Crippen LogP contribution is 2.27. The first-order valence-electron chi connectivity index (χ1n) is 9.42. The molecule has 0 bridgehead atoms. The Kier molecular flexibility index (Phi) is 5.22. The van der Waals surface area contributed by atoms with Gasteiger partial charge in [-0.25, -0.2) is 23.1 Å². The Morgan fingerprint density at radius 2 is 2.00 bits per heavy atom. The quantitative estimate of drug-likeness (QED) is 0.477. The van der Waals surface area contributed by atoms with Crippen molar-refractivity contribution in [2.24, 2.45) is 0 Å². The normalized spacial score (nSPS) is 14.4. The molecule has 0 saturated heterocycles. The molecule has 1 aliphatic carbocycles. The van der Waals surface area contributed by atoms with Crippen LogP contribution >= 0.6 is 11.8 Å². The van der Waals surface area contributed by atoms with Crippen LogP contribution in [0.15, 0.2) is 45.3 Å². The molecule has 4 rings (SSSR count). The highest BCUT2D eigenvalue weighted by Gasteiger charge is 2.28. The van der Waals surface area contributed by atoms with Gasteiger partial charge in [0.05, 0.1) is 4.90 Å². The molecule has 1 aliphatic rings. The topological polar surface area (TPSA) is 94.0 Å². The average Bonchev–Trinajstić information content (AvgIpc) is 3.50. The highest BCUT2D eigenvalue weighted by molar-refractivity contribution is 7.98. The maximum atomic E-state index is 13.2. The van der Waals surface area contributed by atoms with Gasteiger partial charge >= 0.3 is 0 Å². The van der Waals surface area contributed by atoms with Gasteiger partial charge in [-0.15, -0.1) is 0 Å². The van der Waals surface area contributed by atoms with E-state index in [1.165, 1.54) is 11.8 Å². The molecule has 2 aromatic heterocycles. The summed E-state index contributed by atoms with van der Waals surface area (Å²) in [5, 5.41) is 1.38. The van der Waals surface area contributed by atoms with Gasteiger partial charge in [0.25, 0.3) is 5.56 Å².